The first kappa shape index (κ1) is 15.1. The predicted molar refractivity (Wildman–Crippen MR) is 73.3 cm³/mol. The van der Waals surface area contributed by atoms with Crippen LogP contribution in [-0.4, -0.2) is 40.3 Å². The summed E-state index contributed by atoms with van der Waals surface area (Å²) in [6.07, 6.45) is 0. The van der Waals surface area contributed by atoms with E-state index in [0.29, 0.717) is 22.9 Å². The van der Waals surface area contributed by atoms with Gasteiger partial charge in [0, 0.05) is 12.1 Å². The molecule has 0 saturated heterocycles. The van der Waals surface area contributed by atoms with Gasteiger partial charge in [-0.1, -0.05) is 6.92 Å². The molecule has 1 rings (SSSR count). The molecule has 0 spiro atoms. The van der Waals surface area contributed by atoms with Crippen LogP contribution in [0.3, 0.4) is 0 Å². The molecule has 1 aromatic carbocycles. The quantitative estimate of drug-likeness (QED) is 0.779. The van der Waals surface area contributed by atoms with Gasteiger partial charge in [0.1, 0.15) is 5.75 Å². The van der Waals surface area contributed by atoms with Crippen LogP contribution in [0.15, 0.2) is 12.1 Å². The van der Waals surface area contributed by atoms with Crippen LogP contribution in [0.5, 0.6) is 17.2 Å². The largest absolute Gasteiger partial charge is 0.494 e. The number of amides is 1. The maximum atomic E-state index is 11.7. The van der Waals surface area contributed by atoms with Gasteiger partial charge in [0.25, 0.3) is 0 Å². The summed E-state index contributed by atoms with van der Waals surface area (Å²) in [6, 6.07) is 3.34. The minimum Gasteiger partial charge on any atom is -0.494 e. The normalized spacial score (nSPS) is 9.89. The van der Waals surface area contributed by atoms with Crippen LogP contribution in [0.2, 0.25) is 0 Å². The zero-order valence-corrected chi connectivity index (χ0v) is 11.7. The molecular formula is C13H20N2O4. The molecule has 6 nitrogen and oxygen atoms in total. The molecule has 0 aliphatic carbocycles. The van der Waals surface area contributed by atoms with E-state index in [1.807, 2.05) is 6.92 Å². The van der Waals surface area contributed by atoms with Gasteiger partial charge < -0.3 is 24.8 Å². The molecule has 0 bridgehead atoms. The first-order chi connectivity index (χ1) is 9.15. The second-order valence-corrected chi connectivity index (χ2v) is 3.74. The Bertz CT molecular complexity index is 435. The predicted octanol–water partition coefficient (Wildman–Crippen LogP) is 1.26. The zero-order valence-electron chi connectivity index (χ0n) is 11.7. The Kier molecular flexibility index (Phi) is 5.95. The Morgan fingerprint density at radius 2 is 1.63 bits per heavy atom. The van der Waals surface area contributed by atoms with Gasteiger partial charge in [-0.05, 0) is 6.54 Å². The van der Waals surface area contributed by atoms with E-state index >= 15 is 0 Å². The van der Waals surface area contributed by atoms with Crippen LogP contribution in [0.25, 0.3) is 0 Å². The van der Waals surface area contributed by atoms with Gasteiger partial charge in [-0.15, -0.1) is 0 Å². The summed E-state index contributed by atoms with van der Waals surface area (Å²) in [5.74, 6) is 1.45. The average Bonchev–Trinajstić information content (AvgIpc) is 2.44. The van der Waals surface area contributed by atoms with Gasteiger partial charge in [0.05, 0.1) is 33.6 Å². The SMILES string of the molecule is CCNCC(=O)Nc1cc(OC)c(OC)cc1OC. The van der Waals surface area contributed by atoms with E-state index in [2.05, 4.69) is 10.6 Å². The summed E-state index contributed by atoms with van der Waals surface area (Å²) in [5, 5.41) is 5.71. The Balaban J connectivity index is 2.95. The maximum absolute atomic E-state index is 11.7. The van der Waals surface area contributed by atoms with Crippen molar-refractivity contribution < 1.29 is 19.0 Å². The number of ether oxygens (including phenoxy) is 3. The Morgan fingerprint density at radius 1 is 1.05 bits per heavy atom. The molecule has 0 heterocycles. The van der Waals surface area contributed by atoms with Gasteiger partial charge in [0.2, 0.25) is 5.91 Å². The molecule has 0 aliphatic rings. The van der Waals surface area contributed by atoms with Crippen LogP contribution in [0, 0.1) is 0 Å². The highest BCUT2D eigenvalue weighted by Gasteiger charge is 2.13. The number of hydrogen-bond donors (Lipinski definition) is 2. The molecule has 0 radical (unpaired) electrons. The van der Waals surface area contributed by atoms with Gasteiger partial charge in [-0.25, -0.2) is 0 Å². The van der Waals surface area contributed by atoms with Crippen molar-refractivity contribution in [3.8, 4) is 17.2 Å². The highest BCUT2D eigenvalue weighted by molar-refractivity contribution is 5.94. The van der Waals surface area contributed by atoms with Gasteiger partial charge >= 0.3 is 0 Å². The highest BCUT2D eigenvalue weighted by Crippen LogP contribution is 2.37. The lowest BCUT2D eigenvalue weighted by Crippen LogP contribution is -2.27. The van der Waals surface area contributed by atoms with Crippen molar-refractivity contribution in [1.29, 1.82) is 0 Å². The van der Waals surface area contributed by atoms with E-state index < -0.39 is 0 Å². The van der Waals surface area contributed by atoms with Crippen molar-refractivity contribution in [2.24, 2.45) is 0 Å². The summed E-state index contributed by atoms with van der Waals surface area (Å²) in [7, 11) is 4.61. The zero-order chi connectivity index (χ0) is 14.3. The van der Waals surface area contributed by atoms with Crippen molar-refractivity contribution in [3.63, 3.8) is 0 Å². The number of carbonyl (C=O) groups is 1. The highest BCUT2D eigenvalue weighted by atomic mass is 16.5. The second-order valence-electron chi connectivity index (χ2n) is 3.74. The third kappa shape index (κ3) is 4.03. The summed E-state index contributed by atoms with van der Waals surface area (Å²) in [5.41, 5.74) is 0.544. The Hall–Kier alpha value is -1.95. The first-order valence-corrected chi connectivity index (χ1v) is 5.96. The van der Waals surface area contributed by atoms with Crippen LogP contribution < -0.4 is 24.8 Å². The number of carbonyl (C=O) groups excluding carboxylic acids is 1. The number of anilines is 1. The molecule has 0 fully saturated rings. The first-order valence-electron chi connectivity index (χ1n) is 5.96. The van der Waals surface area contributed by atoms with E-state index in [1.54, 1.807) is 19.2 Å². The third-order valence-electron chi connectivity index (χ3n) is 2.52. The molecule has 0 saturated carbocycles. The number of likely N-dealkylation sites (N-methyl/N-ethyl adjacent to an activating group) is 1. The van der Waals surface area contributed by atoms with Crippen molar-refractivity contribution in [1.82, 2.24) is 5.32 Å². The summed E-state index contributed by atoms with van der Waals surface area (Å²) in [6.45, 7) is 2.91. The third-order valence-corrected chi connectivity index (χ3v) is 2.52. The maximum Gasteiger partial charge on any atom is 0.238 e. The molecule has 0 aromatic heterocycles. The summed E-state index contributed by atoms with van der Waals surface area (Å²) >= 11 is 0. The van der Waals surface area contributed by atoms with Gasteiger partial charge in [0.15, 0.2) is 11.5 Å². The van der Waals surface area contributed by atoms with Crippen molar-refractivity contribution >= 4 is 11.6 Å². The molecule has 19 heavy (non-hydrogen) atoms. The van der Waals surface area contributed by atoms with Crippen molar-refractivity contribution in [2.75, 3.05) is 39.7 Å². The van der Waals surface area contributed by atoms with Crippen LogP contribution in [-0.2, 0) is 4.79 Å². The van der Waals surface area contributed by atoms with Crippen LogP contribution in [0.4, 0.5) is 5.69 Å². The smallest absolute Gasteiger partial charge is 0.238 e. The number of nitrogens with one attached hydrogen (secondary N) is 2. The number of rotatable bonds is 7. The number of benzene rings is 1. The fraction of sp³-hybridized carbons (Fsp3) is 0.462. The lowest BCUT2D eigenvalue weighted by Gasteiger charge is -2.14. The van der Waals surface area contributed by atoms with Crippen molar-refractivity contribution in [2.45, 2.75) is 6.92 Å². The van der Waals surface area contributed by atoms with E-state index in [9.17, 15) is 4.79 Å². The molecule has 106 valence electrons. The van der Waals surface area contributed by atoms with Crippen molar-refractivity contribution in [3.05, 3.63) is 12.1 Å². The van der Waals surface area contributed by atoms with E-state index in [4.69, 9.17) is 14.2 Å². The fourth-order valence-corrected chi connectivity index (χ4v) is 1.56. The van der Waals surface area contributed by atoms with Gasteiger partial charge in [-0.2, -0.15) is 0 Å². The summed E-state index contributed by atoms with van der Waals surface area (Å²) < 4.78 is 15.6. The summed E-state index contributed by atoms with van der Waals surface area (Å²) in [4.78, 5) is 11.7. The lowest BCUT2D eigenvalue weighted by molar-refractivity contribution is -0.115. The van der Waals surface area contributed by atoms with Gasteiger partial charge in [-0.3, -0.25) is 4.79 Å². The lowest BCUT2D eigenvalue weighted by atomic mass is 10.2. The molecule has 6 heteroatoms. The topological polar surface area (TPSA) is 68.8 Å². The Labute approximate surface area is 113 Å². The molecular weight excluding hydrogens is 248 g/mol. The van der Waals surface area contributed by atoms with Crippen LogP contribution in [0.1, 0.15) is 6.92 Å². The monoisotopic (exact) mass is 268 g/mol. The second kappa shape index (κ2) is 7.48. The molecule has 1 aromatic rings. The molecule has 2 N–H and O–H groups in total. The molecule has 0 aliphatic heterocycles. The fourth-order valence-electron chi connectivity index (χ4n) is 1.56. The minimum atomic E-state index is -0.146. The van der Waals surface area contributed by atoms with E-state index in [-0.39, 0.29) is 12.5 Å². The standard InChI is InChI=1S/C13H20N2O4/c1-5-14-8-13(16)15-9-6-11(18-3)12(19-4)7-10(9)17-2/h6-7,14H,5,8H2,1-4H3,(H,15,16). The van der Waals surface area contributed by atoms with E-state index in [1.165, 1.54) is 14.2 Å². The number of methoxy groups -OCH3 is 3. The Morgan fingerprint density at radius 3 is 2.16 bits per heavy atom. The average molecular weight is 268 g/mol. The molecule has 0 atom stereocenters. The molecule has 1 amide bonds. The number of hydrogen-bond acceptors (Lipinski definition) is 5. The van der Waals surface area contributed by atoms with Crippen LogP contribution >= 0.6 is 0 Å². The van der Waals surface area contributed by atoms with E-state index in [0.717, 1.165) is 6.54 Å². The molecule has 0 unspecified atom stereocenters. The minimum absolute atomic E-state index is 0.146.